The molecule has 0 amide bonds. The molecule has 0 atom stereocenters. The van der Waals surface area contributed by atoms with E-state index in [4.69, 9.17) is 5.73 Å². The molecule has 2 N–H and O–H groups in total. The van der Waals surface area contributed by atoms with Crippen LogP contribution in [0.1, 0.15) is 39.7 Å². The molecule has 0 heterocycles. The number of benzene rings is 1. The summed E-state index contributed by atoms with van der Waals surface area (Å²) in [6.45, 7) is 10.2. The molecule has 0 saturated heterocycles. The summed E-state index contributed by atoms with van der Waals surface area (Å²) in [5, 5.41) is 0. The maximum absolute atomic E-state index is 5.67. The number of nitrogens with zero attached hydrogens (tertiary/aromatic N) is 1. The Balaban J connectivity index is 2.38. The summed E-state index contributed by atoms with van der Waals surface area (Å²) >= 11 is 0. The van der Waals surface area contributed by atoms with Gasteiger partial charge in [0.25, 0.3) is 0 Å². The molecule has 0 unspecified atom stereocenters. The van der Waals surface area contributed by atoms with Gasteiger partial charge < -0.3 is 5.73 Å². The van der Waals surface area contributed by atoms with Crippen molar-refractivity contribution in [2.45, 2.75) is 52.6 Å². The molecule has 0 fully saturated rings. The lowest BCUT2D eigenvalue weighted by Gasteiger charge is -2.30. The minimum atomic E-state index is 0.626. The average molecular weight is 234 g/mol. The van der Waals surface area contributed by atoms with Gasteiger partial charge in [-0.25, -0.2) is 0 Å². The van der Waals surface area contributed by atoms with Crippen LogP contribution in [0.3, 0.4) is 0 Å². The summed E-state index contributed by atoms with van der Waals surface area (Å²) in [6, 6.07) is 9.48. The first kappa shape index (κ1) is 14.0. The molecule has 1 aromatic rings. The van der Waals surface area contributed by atoms with Gasteiger partial charge in [-0.3, -0.25) is 4.90 Å². The van der Waals surface area contributed by atoms with E-state index in [1.54, 1.807) is 0 Å². The summed E-state index contributed by atoms with van der Waals surface area (Å²) in [5.41, 5.74) is 7.90. The van der Waals surface area contributed by atoms with Crippen molar-refractivity contribution in [1.82, 2.24) is 4.90 Å². The molecule has 1 aromatic carbocycles. The van der Waals surface area contributed by atoms with Crippen LogP contribution >= 0.6 is 0 Å². The van der Waals surface area contributed by atoms with Crippen LogP contribution in [0.25, 0.3) is 0 Å². The summed E-state index contributed by atoms with van der Waals surface area (Å²) in [7, 11) is 0. The molecule has 0 bridgehead atoms. The third-order valence-corrected chi connectivity index (χ3v) is 3.19. The van der Waals surface area contributed by atoms with Gasteiger partial charge in [-0.15, -0.1) is 0 Å². The van der Waals surface area contributed by atoms with E-state index < -0.39 is 0 Å². The fourth-order valence-electron chi connectivity index (χ4n) is 2.26. The molecule has 0 spiro atoms. The molecule has 2 heteroatoms. The lowest BCUT2D eigenvalue weighted by Crippen LogP contribution is -2.37. The second kappa shape index (κ2) is 6.65. The van der Waals surface area contributed by atoms with E-state index in [1.807, 2.05) is 12.1 Å². The highest BCUT2D eigenvalue weighted by atomic mass is 15.2. The minimum Gasteiger partial charge on any atom is -0.399 e. The summed E-state index contributed by atoms with van der Waals surface area (Å²) < 4.78 is 0. The average Bonchev–Trinajstić information content (AvgIpc) is 2.25. The fraction of sp³-hybridized carbons (Fsp3) is 0.600. The van der Waals surface area contributed by atoms with Gasteiger partial charge in [0.2, 0.25) is 0 Å². The third-order valence-electron chi connectivity index (χ3n) is 3.19. The number of nitrogen functional groups attached to an aromatic ring is 1. The van der Waals surface area contributed by atoms with Crippen LogP contribution in [0.4, 0.5) is 5.69 Å². The quantitative estimate of drug-likeness (QED) is 0.765. The highest BCUT2D eigenvalue weighted by Crippen LogP contribution is 2.10. The van der Waals surface area contributed by atoms with Crippen LogP contribution in [0.15, 0.2) is 24.3 Å². The molecule has 2 nitrogen and oxygen atoms in total. The Morgan fingerprint density at radius 1 is 1.00 bits per heavy atom. The highest BCUT2D eigenvalue weighted by Gasteiger charge is 2.12. The molecular weight excluding hydrogens is 208 g/mol. The lowest BCUT2D eigenvalue weighted by atomic mass is 10.1. The lowest BCUT2D eigenvalue weighted by molar-refractivity contribution is 0.173. The van der Waals surface area contributed by atoms with Crippen LogP contribution in [0, 0.1) is 0 Å². The molecule has 0 saturated carbocycles. The minimum absolute atomic E-state index is 0.626. The summed E-state index contributed by atoms with van der Waals surface area (Å²) in [4.78, 5) is 2.54. The number of rotatable bonds is 6. The first-order valence-electron chi connectivity index (χ1n) is 6.61. The van der Waals surface area contributed by atoms with E-state index >= 15 is 0 Å². The number of anilines is 1. The van der Waals surface area contributed by atoms with Gasteiger partial charge in [0.05, 0.1) is 0 Å². The second-order valence-corrected chi connectivity index (χ2v) is 5.27. The Kier molecular flexibility index (Phi) is 5.49. The van der Waals surface area contributed by atoms with E-state index in [-0.39, 0.29) is 0 Å². The van der Waals surface area contributed by atoms with Crippen molar-refractivity contribution in [2.75, 3.05) is 12.3 Å². The van der Waals surface area contributed by atoms with Crippen molar-refractivity contribution in [1.29, 1.82) is 0 Å². The second-order valence-electron chi connectivity index (χ2n) is 5.27. The standard InChI is InChI=1S/C15H26N2/c1-12(2)17(13(3)4)11-5-6-14-7-9-15(16)10-8-14/h7-10,12-13H,5-6,11,16H2,1-4H3. The predicted molar refractivity (Wildman–Crippen MR) is 76.2 cm³/mol. The molecule has 1 rings (SSSR count). The van der Waals surface area contributed by atoms with Crippen molar-refractivity contribution in [3.05, 3.63) is 29.8 Å². The van der Waals surface area contributed by atoms with Gasteiger partial charge in [-0.05, 0) is 64.8 Å². The van der Waals surface area contributed by atoms with Crippen molar-refractivity contribution in [2.24, 2.45) is 0 Å². The van der Waals surface area contributed by atoms with E-state index in [0.29, 0.717) is 12.1 Å². The van der Waals surface area contributed by atoms with Crippen molar-refractivity contribution in [3.8, 4) is 0 Å². The van der Waals surface area contributed by atoms with E-state index in [2.05, 4.69) is 44.7 Å². The Bertz CT molecular complexity index is 306. The molecule has 0 radical (unpaired) electrons. The highest BCUT2D eigenvalue weighted by molar-refractivity contribution is 5.39. The molecule has 0 aliphatic rings. The molecule has 0 aliphatic carbocycles. The molecule has 0 aliphatic heterocycles. The number of aryl methyl sites for hydroxylation is 1. The summed E-state index contributed by atoms with van der Waals surface area (Å²) in [5.74, 6) is 0. The predicted octanol–water partition coefficient (Wildman–Crippen LogP) is 3.32. The van der Waals surface area contributed by atoms with Crippen molar-refractivity contribution >= 4 is 5.69 Å². The zero-order valence-electron chi connectivity index (χ0n) is 11.6. The molecule has 96 valence electrons. The smallest absolute Gasteiger partial charge is 0.0314 e. The number of hydrogen-bond acceptors (Lipinski definition) is 2. The molecular formula is C15H26N2. The first-order chi connectivity index (χ1) is 8.00. The van der Waals surface area contributed by atoms with Crippen molar-refractivity contribution in [3.63, 3.8) is 0 Å². The Morgan fingerprint density at radius 3 is 2.00 bits per heavy atom. The topological polar surface area (TPSA) is 29.3 Å². The van der Waals surface area contributed by atoms with Crippen LogP contribution in [0.5, 0.6) is 0 Å². The Morgan fingerprint density at radius 2 is 1.53 bits per heavy atom. The fourth-order valence-corrected chi connectivity index (χ4v) is 2.26. The van der Waals surface area contributed by atoms with Crippen LogP contribution in [-0.4, -0.2) is 23.5 Å². The van der Waals surface area contributed by atoms with E-state index in [1.165, 1.54) is 18.5 Å². The number of hydrogen-bond donors (Lipinski definition) is 1. The van der Waals surface area contributed by atoms with Crippen molar-refractivity contribution < 1.29 is 0 Å². The van der Waals surface area contributed by atoms with Crippen LogP contribution in [0.2, 0.25) is 0 Å². The Hall–Kier alpha value is -1.02. The zero-order chi connectivity index (χ0) is 12.8. The van der Waals surface area contributed by atoms with Gasteiger partial charge in [-0.2, -0.15) is 0 Å². The number of nitrogens with two attached hydrogens (primary N) is 1. The molecule has 17 heavy (non-hydrogen) atoms. The van der Waals surface area contributed by atoms with Gasteiger partial charge in [0, 0.05) is 17.8 Å². The largest absolute Gasteiger partial charge is 0.399 e. The van der Waals surface area contributed by atoms with Crippen LogP contribution < -0.4 is 5.73 Å². The summed E-state index contributed by atoms with van der Waals surface area (Å²) in [6.07, 6.45) is 2.34. The van der Waals surface area contributed by atoms with Gasteiger partial charge in [0.15, 0.2) is 0 Å². The van der Waals surface area contributed by atoms with Crippen LogP contribution in [-0.2, 0) is 6.42 Å². The monoisotopic (exact) mass is 234 g/mol. The zero-order valence-corrected chi connectivity index (χ0v) is 11.6. The third kappa shape index (κ3) is 4.78. The molecule has 0 aromatic heterocycles. The van der Waals surface area contributed by atoms with E-state index in [0.717, 1.165) is 12.1 Å². The SMILES string of the molecule is CC(C)N(CCCc1ccc(N)cc1)C(C)C. The first-order valence-corrected chi connectivity index (χ1v) is 6.61. The normalized spacial score (nSPS) is 11.7. The van der Waals surface area contributed by atoms with E-state index in [9.17, 15) is 0 Å². The van der Waals surface area contributed by atoms with Gasteiger partial charge >= 0.3 is 0 Å². The maximum atomic E-state index is 5.67. The van der Waals surface area contributed by atoms with Gasteiger partial charge in [-0.1, -0.05) is 12.1 Å². The maximum Gasteiger partial charge on any atom is 0.0314 e. The Labute approximate surface area is 106 Å². The van der Waals surface area contributed by atoms with Gasteiger partial charge in [0.1, 0.15) is 0 Å².